The van der Waals surface area contributed by atoms with Crippen LogP contribution in [0.1, 0.15) is 29.9 Å². The molecule has 4 nitrogen and oxygen atoms in total. The van der Waals surface area contributed by atoms with Gasteiger partial charge in [0.2, 0.25) is 0 Å². The third-order valence-electron chi connectivity index (χ3n) is 3.56. The van der Waals surface area contributed by atoms with E-state index >= 15 is 0 Å². The summed E-state index contributed by atoms with van der Waals surface area (Å²) < 4.78 is 14.7. The smallest absolute Gasteiger partial charge is 0.156 e. The number of benzene rings is 1. The zero-order valence-electron chi connectivity index (χ0n) is 9.73. The van der Waals surface area contributed by atoms with Crippen molar-refractivity contribution in [2.45, 2.75) is 25.8 Å². The van der Waals surface area contributed by atoms with E-state index in [1.807, 2.05) is 0 Å². The highest BCUT2D eigenvalue weighted by Crippen LogP contribution is 2.30. The van der Waals surface area contributed by atoms with Gasteiger partial charge in [0.15, 0.2) is 5.82 Å². The topological polar surface area (TPSA) is 57.9 Å². The van der Waals surface area contributed by atoms with Gasteiger partial charge in [-0.05, 0) is 30.9 Å². The number of carbonyl (C=O) groups is 1. The van der Waals surface area contributed by atoms with Crippen molar-refractivity contribution in [3.8, 4) is 0 Å². The first-order valence-corrected chi connectivity index (χ1v) is 6.02. The van der Waals surface area contributed by atoms with E-state index in [0.29, 0.717) is 23.5 Å². The summed E-state index contributed by atoms with van der Waals surface area (Å²) in [6.45, 7) is 0.617. The minimum Gasteiger partial charge on any atom is -0.542 e. The maximum atomic E-state index is 13.1. The Morgan fingerprint density at radius 2 is 2.28 bits per heavy atom. The molecule has 2 aromatic rings. The van der Waals surface area contributed by atoms with Crippen molar-refractivity contribution in [2.75, 3.05) is 0 Å². The molecule has 0 bridgehead atoms. The molecule has 94 valence electrons. The van der Waals surface area contributed by atoms with E-state index in [1.165, 1.54) is 18.6 Å². The van der Waals surface area contributed by atoms with Crippen LogP contribution in [0.15, 0.2) is 18.2 Å². The standard InChI is InChI=1S/C13H13FN2O2/c14-9-4-5-11-10(6-9)15-12(13(17)18)16(11)7-8-2-1-3-8/h4-6,8H,1-3,7H2,(H,17,18)/p-1. The maximum Gasteiger partial charge on any atom is 0.156 e. The van der Waals surface area contributed by atoms with Crippen LogP contribution in [-0.4, -0.2) is 15.5 Å². The summed E-state index contributed by atoms with van der Waals surface area (Å²) >= 11 is 0. The normalized spacial score (nSPS) is 15.8. The Labute approximate surface area is 103 Å². The molecule has 3 rings (SSSR count). The molecule has 0 atom stereocenters. The lowest BCUT2D eigenvalue weighted by atomic mass is 9.85. The van der Waals surface area contributed by atoms with Crippen LogP contribution < -0.4 is 5.11 Å². The van der Waals surface area contributed by atoms with E-state index in [2.05, 4.69) is 4.98 Å². The van der Waals surface area contributed by atoms with Gasteiger partial charge < -0.3 is 14.5 Å². The lowest BCUT2D eigenvalue weighted by Gasteiger charge is -2.26. The molecule has 0 aliphatic heterocycles. The van der Waals surface area contributed by atoms with Crippen molar-refractivity contribution in [2.24, 2.45) is 5.92 Å². The predicted molar refractivity (Wildman–Crippen MR) is 61.4 cm³/mol. The third kappa shape index (κ3) is 1.75. The molecule has 0 unspecified atom stereocenters. The van der Waals surface area contributed by atoms with Crippen LogP contribution in [-0.2, 0) is 6.54 Å². The molecule has 0 saturated heterocycles. The Balaban J connectivity index is 2.11. The zero-order chi connectivity index (χ0) is 12.7. The largest absolute Gasteiger partial charge is 0.542 e. The number of aromatic nitrogens is 2. The van der Waals surface area contributed by atoms with Gasteiger partial charge in [-0.2, -0.15) is 0 Å². The van der Waals surface area contributed by atoms with Crippen molar-refractivity contribution < 1.29 is 14.3 Å². The average molecular weight is 247 g/mol. The summed E-state index contributed by atoms with van der Waals surface area (Å²) in [6.07, 6.45) is 3.40. The highest BCUT2D eigenvalue weighted by atomic mass is 19.1. The fourth-order valence-electron chi connectivity index (χ4n) is 2.38. The zero-order valence-corrected chi connectivity index (χ0v) is 9.73. The summed E-state index contributed by atoms with van der Waals surface area (Å²) in [5, 5.41) is 11.1. The number of nitrogens with zero attached hydrogens (tertiary/aromatic N) is 2. The fourth-order valence-corrected chi connectivity index (χ4v) is 2.38. The molecule has 1 saturated carbocycles. The van der Waals surface area contributed by atoms with E-state index in [0.717, 1.165) is 12.8 Å². The second kappa shape index (κ2) is 4.08. The molecule has 18 heavy (non-hydrogen) atoms. The van der Waals surface area contributed by atoms with E-state index in [1.54, 1.807) is 10.6 Å². The third-order valence-corrected chi connectivity index (χ3v) is 3.56. The molecule has 0 spiro atoms. The number of carboxylic acid groups (broad SMARTS) is 1. The molecule has 0 amide bonds. The number of carboxylic acids is 1. The van der Waals surface area contributed by atoms with E-state index < -0.39 is 11.8 Å². The van der Waals surface area contributed by atoms with Crippen molar-refractivity contribution in [1.29, 1.82) is 0 Å². The van der Waals surface area contributed by atoms with Gasteiger partial charge in [-0.25, -0.2) is 9.37 Å². The molecule has 1 fully saturated rings. The van der Waals surface area contributed by atoms with E-state index in [-0.39, 0.29) is 5.82 Å². The summed E-state index contributed by atoms with van der Waals surface area (Å²) in [4.78, 5) is 15.0. The fraction of sp³-hybridized carbons (Fsp3) is 0.385. The Hall–Kier alpha value is -1.91. The number of hydrogen-bond acceptors (Lipinski definition) is 3. The van der Waals surface area contributed by atoms with E-state index in [9.17, 15) is 14.3 Å². The van der Waals surface area contributed by atoms with Gasteiger partial charge in [0, 0.05) is 12.6 Å². The number of aromatic carboxylic acids is 1. The monoisotopic (exact) mass is 247 g/mol. The van der Waals surface area contributed by atoms with Crippen LogP contribution in [0.3, 0.4) is 0 Å². The van der Waals surface area contributed by atoms with Crippen LogP contribution in [0.25, 0.3) is 11.0 Å². The van der Waals surface area contributed by atoms with Gasteiger partial charge in [0.25, 0.3) is 0 Å². The van der Waals surface area contributed by atoms with Crippen LogP contribution in [0.4, 0.5) is 4.39 Å². The lowest BCUT2D eigenvalue weighted by Crippen LogP contribution is -2.28. The van der Waals surface area contributed by atoms with Gasteiger partial charge >= 0.3 is 0 Å². The summed E-state index contributed by atoms with van der Waals surface area (Å²) in [7, 11) is 0. The molecular weight excluding hydrogens is 235 g/mol. The first-order chi connectivity index (χ1) is 8.65. The van der Waals surface area contributed by atoms with Crippen LogP contribution in [0.5, 0.6) is 0 Å². The Bertz CT molecular complexity index is 617. The first-order valence-electron chi connectivity index (χ1n) is 6.02. The Kier molecular flexibility index (Phi) is 2.54. The first kappa shape index (κ1) is 11.2. The number of hydrogen-bond donors (Lipinski definition) is 0. The van der Waals surface area contributed by atoms with Gasteiger partial charge in [0.1, 0.15) is 11.8 Å². The number of imidazole rings is 1. The Morgan fingerprint density at radius 3 is 2.89 bits per heavy atom. The molecule has 1 aliphatic carbocycles. The highest BCUT2D eigenvalue weighted by Gasteiger charge is 2.21. The highest BCUT2D eigenvalue weighted by molar-refractivity contribution is 5.88. The van der Waals surface area contributed by atoms with Crippen LogP contribution in [0, 0.1) is 11.7 Å². The van der Waals surface area contributed by atoms with E-state index in [4.69, 9.17) is 0 Å². The second-order valence-electron chi connectivity index (χ2n) is 4.76. The average Bonchev–Trinajstić information content (AvgIpc) is 2.61. The number of rotatable bonds is 3. The SMILES string of the molecule is O=C([O-])c1nc2cc(F)ccc2n1CC1CCC1. The second-order valence-corrected chi connectivity index (χ2v) is 4.76. The summed E-state index contributed by atoms with van der Waals surface area (Å²) in [6, 6.07) is 4.14. The maximum absolute atomic E-state index is 13.1. The van der Waals surface area contributed by atoms with Crippen LogP contribution in [0.2, 0.25) is 0 Å². The van der Waals surface area contributed by atoms with Crippen LogP contribution >= 0.6 is 0 Å². The minimum absolute atomic E-state index is 0.109. The summed E-state index contributed by atoms with van der Waals surface area (Å²) in [5.41, 5.74) is 1.02. The number of carbonyl (C=O) groups excluding carboxylic acids is 1. The molecule has 0 N–H and O–H groups in total. The summed E-state index contributed by atoms with van der Waals surface area (Å²) in [5.74, 6) is -1.35. The molecule has 1 aromatic heterocycles. The number of halogens is 1. The van der Waals surface area contributed by atoms with Gasteiger partial charge in [-0.1, -0.05) is 6.42 Å². The van der Waals surface area contributed by atoms with Gasteiger partial charge in [-0.3, -0.25) is 0 Å². The minimum atomic E-state index is -1.31. The Morgan fingerprint density at radius 1 is 1.50 bits per heavy atom. The molecule has 0 radical (unpaired) electrons. The molecule has 1 heterocycles. The predicted octanol–water partition coefficient (Wildman–Crippen LogP) is 1.34. The quantitative estimate of drug-likeness (QED) is 0.822. The molecular formula is C13H12FN2O2-. The number of fused-ring (bicyclic) bond motifs is 1. The van der Waals surface area contributed by atoms with Gasteiger partial charge in [-0.15, -0.1) is 0 Å². The van der Waals surface area contributed by atoms with Crippen molar-refractivity contribution >= 4 is 17.0 Å². The molecule has 1 aromatic carbocycles. The molecule has 5 heteroatoms. The molecule has 1 aliphatic rings. The lowest BCUT2D eigenvalue weighted by molar-refractivity contribution is -0.256. The van der Waals surface area contributed by atoms with Crippen molar-refractivity contribution in [3.63, 3.8) is 0 Å². The van der Waals surface area contributed by atoms with Gasteiger partial charge in [0.05, 0.1) is 11.0 Å². The van der Waals surface area contributed by atoms with Crippen molar-refractivity contribution in [3.05, 3.63) is 29.8 Å². The van der Waals surface area contributed by atoms with Crippen molar-refractivity contribution in [1.82, 2.24) is 9.55 Å².